The van der Waals surface area contributed by atoms with Crippen LogP contribution >= 0.6 is 24.0 Å². The Bertz CT molecular complexity index is 508. The van der Waals surface area contributed by atoms with E-state index in [0.29, 0.717) is 11.7 Å². The zero-order valence-electron chi connectivity index (χ0n) is 13.1. The van der Waals surface area contributed by atoms with Gasteiger partial charge in [-0.05, 0) is 26.1 Å². The van der Waals surface area contributed by atoms with Gasteiger partial charge in [-0.3, -0.25) is 19.2 Å². The first-order valence-corrected chi connectivity index (χ1v) is 8.34. The largest absolute Gasteiger partial charge is 0.534 e. The number of hydroxylamine groups is 2. The minimum Gasteiger partial charge on any atom is -0.479 e. The summed E-state index contributed by atoms with van der Waals surface area (Å²) in [5.74, 6) is -1.78. The summed E-state index contributed by atoms with van der Waals surface area (Å²) in [5, 5.41) is -0.210. The maximum Gasteiger partial charge on any atom is 0.534 e. The molecule has 0 radical (unpaired) electrons. The molecule has 134 valence electrons. The number of hydrogen-bond acceptors (Lipinski definition) is 10. The van der Waals surface area contributed by atoms with Gasteiger partial charge in [0.15, 0.2) is 0 Å². The summed E-state index contributed by atoms with van der Waals surface area (Å²) in [6, 6.07) is 0. The van der Waals surface area contributed by atoms with E-state index in [1.54, 1.807) is 13.8 Å². The molecule has 9 nitrogen and oxygen atoms in total. The van der Waals surface area contributed by atoms with Crippen molar-refractivity contribution >= 4 is 52.3 Å². The molecule has 0 bridgehead atoms. The predicted molar refractivity (Wildman–Crippen MR) is 85.8 cm³/mol. The SMILES string of the molecule is CCOC(=S)SC(C)C(=O)OCCOC(=O)ON1C(=O)CCC1=O. The maximum absolute atomic E-state index is 11.7. The quantitative estimate of drug-likeness (QED) is 0.277. The van der Waals surface area contributed by atoms with Crippen molar-refractivity contribution in [2.24, 2.45) is 0 Å². The Morgan fingerprint density at radius 3 is 2.33 bits per heavy atom. The summed E-state index contributed by atoms with van der Waals surface area (Å²) >= 11 is 5.93. The highest BCUT2D eigenvalue weighted by molar-refractivity contribution is 8.23. The van der Waals surface area contributed by atoms with Crippen LogP contribution in [0.25, 0.3) is 0 Å². The molecule has 11 heteroatoms. The van der Waals surface area contributed by atoms with Crippen molar-refractivity contribution in [2.45, 2.75) is 31.9 Å². The molecule has 0 N–H and O–H groups in total. The van der Waals surface area contributed by atoms with Crippen LogP contribution < -0.4 is 0 Å². The lowest BCUT2D eigenvalue weighted by Crippen LogP contribution is -2.32. The van der Waals surface area contributed by atoms with E-state index >= 15 is 0 Å². The number of rotatable bonds is 7. The first kappa shape index (κ1) is 20.2. The van der Waals surface area contributed by atoms with Crippen LogP contribution in [0.15, 0.2) is 0 Å². The van der Waals surface area contributed by atoms with Gasteiger partial charge < -0.3 is 14.2 Å². The third kappa shape index (κ3) is 6.71. The molecule has 1 saturated heterocycles. The van der Waals surface area contributed by atoms with Crippen LogP contribution in [0.1, 0.15) is 26.7 Å². The van der Waals surface area contributed by atoms with Gasteiger partial charge >= 0.3 is 12.1 Å². The van der Waals surface area contributed by atoms with Crippen molar-refractivity contribution in [2.75, 3.05) is 19.8 Å². The molecule has 0 aromatic carbocycles. The van der Waals surface area contributed by atoms with Crippen molar-refractivity contribution < 1.29 is 38.2 Å². The fraction of sp³-hybridized carbons (Fsp3) is 0.615. The zero-order valence-corrected chi connectivity index (χ0v) is 14.8. The Kier molecular flexibility index (Phi) is 8.47. The summed E-state index contributed by atoms with van der Waals surface area (Å²) in [6.07, 6.45) is -1.25. The molecule has 1 aliphatic rings. The van der Waals surface area contributed by atoms with E-state index in [9.17, 15) is 19.2 Å². The number of imide groups is 1. The molecule has 1 atom stereocenters. The van der Waals surface area contributed by atoms with E-state index in [4.69, 9.17) is 21.7 Å². The first-order valence-electron chi connectivity index (χ1n) is 7.05. The Labute approximate surface area is 147 Å². The van der Waals surface area contributed by atoms with Crippen molar-refractivity contribution in [3.8, 4) is 0 Å². The highest BCUT2D eigenvalue weighted by Gasteiger charge is 2.33. The van der Waals surface area contributed by atoms with Crippen molar-refractivity contribution in [1.82, 2.24) is 5.06 Å². The number of carbonyl (C=O) groups excluding carboxylic acids is 4. The van der Waals surface area contributed by atoms with E-state index in [1.807, 2.05) is 0 Å². The van der Waals surface area contributed by atoms with Crippen LogP contribution in [0.5, 0.6) is 0 Å². The van der Waals surface area contributed by atoms with E-state index in [1.165, 1.54) is 0 Å². The van der Waals surface area contributed by atoms with Gasteiger partial charge in [0.2, 0.25) is 4.38 Å². The first-order chi connectivity index (χ1) is 11.3. The molecule has 1 heterocycles. The molecule has 0 spiro atoms. The molecule has 2 amide bonds. The Morgan fingerprint density at radius 2 is 1.75 bits per heavy atom. The van der Waals surface area contributed by atoms with Crippen LogP contribution in [0.4, 0.5) is 4.79 Å². The number of carbonyl (C=O) groups is 4. The molecule has 1 aliphatic heterocycles. The second-order valence-electron chi connectivity index (χ2n) is 4.38. The summed E-state index contributed by atoms with van der Waals surface area (Å²) in [4.78, 5) is 49.9. The van der Waals surface area contributed by atoms with Gasteiger partial charge in [-0.25, -0.2) is 4.79 Å². The molecule has 24 heavy (non-hydrogen) atoms. The normalized spacial score (nSPS) is 15.0. The number of ether oxygens (including phenoxy) is 3. The van der Waals surface area contributed by atoms with Gasteiger partial charge in [0.1, 0.15) is 18.5 Å². The second kappa shape index (κ2) is 10.1. The van der Waals surface area contributed by atoms with Crippen molar-refractivity contribution in [3.63, 3.8) is 0 Å². The monoisotopic (exact) mass is 379 g/mol. The summed E-state index contributed by atoms with van der Waals surface area (Å²) < 4.78 is 14.8. The van der Waals surface area contributed by atoms with Crippen LogP contribution in [-0.2, 0) is 33.4 Å². The van der Waals surface area contributed by atoms with Gasteiger partial charge in [-0.15, -0.1) is 0 Å². The van der Waals surface area contributed by atoms with Gasteiger partial charge in [-0.1, -0.05) is 16.8 Å². The minimum absolute atomic E-state index is 0.0110. The number of hydrogen-bond donors (Lipinski definition) is 0. The Morgan fingerprint density at radius 1 is 1.17 bits per heavy atom. The number of thioether (sulfide) groups is 1. The fourth-order valence-corrected chi connectivity index (χ4v) is 2.68. The number of amides is 2. The molecule has 0 aliphatic carbocycles. The molecular formula is C13H17NO8S2. The van der Waals surface area contributed by atoms with Crippen LogP contribution in [0, 0.1) is 0 Å². The lowest BCUT2D eigenvalue weighted by Gasteiger charge is -2.13. The Balaban J connectivity index is 2.19. The lowest BCUT2D eigenvalue weighted by molar-refractivity contribution is -0.177. The highest BCUT2D eigenvalue weighted by Crippen LogP contribution is 2.15. The average molecular weight is 379 g/mol. The van der Waals surface area contributed by atoms with Crippen LogP contribution in [0.2, 0.25) is 0 Å². The summed E-state index contributed by atoms with van der Waals surface area (Å²) in [5.41, 5.74) is 0. The predicted octanol–water partition coefficient (Wildman–Crippen LogP) is 1.19. The van der Waals surface area contributed by atoms with E-state index in [0.717, 1.165) is 11.8 Å². The fourth-order valence-electron chi connectivity index (χ4n) is 1.49. The highest BCUT2D eigenvalue weighted by atomic mass is 32.2. The molecule has 0 aromatic heterocycles. The summed E-state index contributed by atoms with van der Waals surface area (Å²) in [7, 11) is 0. The number of thiocarbonyl (C=S) groups is 1. The molecule has 0 saturated carbocycles. The third-order valence-electron chi connectivity index (χ3n) is 2.59. The molecule has 1 rings (SSSR count). The topological polar surface area (TPSA) is 108 Å². The maximum atomic E-state index is 11.7. The van der Waals surface area contributed by atoms with Crippen molar-refractivity contribution in [1.29, 1.82) is 0 Å². The summed E-state index contributed by atoms with van der Waals surface area (Å²) in [6.45, 7) is 3.29. The standard InChI is InChI=1S/C13H17NO8S2/c1-3-19-13(23)24-8(2)11(17)20-6-7-21-12(18)22-14-9(15)4-5-10(14)16/h8H,3-7H2,1-2H3. The molecule has 0 aromatic rings. The van der Waals surface area contributed by atoms with E-state index in [2.05, 4.69) is 9.57 Å². The average Bonchev–Trinajstić information content (AvgIpc) is 2.83. The third-order valence-corrected chi connectivity index (χ3v) is 3.85. The van der Waals surface area contributed by atoms with Gasteiger partial charge in [0.25, 0.3) is 11.8 Å². The number of esters is 1. The smallest absolute Gasteiger partial charge is 0.479 e. The van der Waals surface area contributed by atoms with E-state index in [-0.39, 0.29) is 30.4 Å². The molecule has 1 fully saturated rings. The van der Waals surface area contributed by atoms with Gasteiger partial charge in [-0.2, -0.15) is 0 Å². The molecule has 1 unspecified atom stereocenters. The van der Waals surface area contributed by atoms with Crippen molar-refractivity contribution in [3.05, 3.63) is 0 Å². The number of nitrogens with zero attached hydrogens (tertiary/aromatic N) is 1. The van der Waals surface area contributed by atoms with Crippen LogP contribution in [-0.4, -0.2) is 58.5 Å². The van der Waals surface area contributed by atoms with Crippen LogP contribution in [0.3, 0.4) is 0 Å². The minimum atomic E-state index is -1.23. The second-order valence-corrected chi connectivity index (χ2v) is 6.33. The molecular weight excluding hydrogens is 362 g/mol. The lowest BCUT2D eigenvalue weighted by atomic mass is 10.4. The van der Waals surface area contributed by atoms with E-state index < -0.39 is 29.2 Å². The Hall–Kier alpha value is -1.88. The van der Waals surface area contributed by atoms with Gasteiger partial charge in [0, 0.05) is 12.8 Å². The van der Waals surface area contributed by atoms with Gasteiger partial charge in [0.05, 0.1) is 6.61 Å². The zero-order chi connectivity index (χ0) is 18.1.